The molecule has 1 heterocycles. The standard InChI is InChI=1S/C7H7BrO4/c1-4-2-5(8)12-7(4)11-3-6(9)10/h2H,3H2,1H3,(H,9,10). The molecular weight excluding hydrogens is 228 g/mol. The molecule has 0 saturated heterocycles. The predicted molar refractivity (Wildman–Crippen MR) is 44.3 cm³/mol. The third kappa shape index (κ3) is 2.27. The van der Waals surface area contributed by atoms with Gasteiger partial charge in [-0.2, -0.15) is 0 Å². The Labute approximate surface area is 77.3 Å². The summed E-state index contributed by atoms with van der Waals surface area (Å²) in [7, 11) is 0. The van der Waals surface area contributed by atoms with Crippen molar-refractivity contribution in [1.29, 1.82) is 0 Å². The summed E-state index contributed by atoms with van der Waals surface area (Å²) in [4.78, 5) is 10.1. The largest absolute Gasteiger partial charge is 0.479 e. The summed E-state index contributed by atoms with van der Waals surface area (Å²) >= 11 is 3.10. The molecule has 0 radical (unpaired) electrons. The zero-order chi connectivity index (χ0) is 9.14. The highest BCUT2D eigenvalue weighted by Gasteiger charge is 2.08. The molecule has 1 rings (SSSR count). The number of aliphatic carboxylic acids is 1. The molecule has 4 nitrogen and oxygen atoms in total. The van der Waals surface area contributed by atoms with E-state index in [0.29, 0.717) is 4.67 Å². The van der Waals surface area contributed by atoms with E-state index < -0.39 is 5.97 Å². The Kier molecular flexibility index (Phi) is 2.75. The number of halogens is 1. The van der Waals surface area contributed by atoms with Gasteiger partial charge in [0.25, 0.3) is 5.95 Å². The van der Waals surface area contributed by atoms with E-state index in [2.05, 4.69) is 15.9 Å². The predicted octanol–water partition coefficient (Wildman–Crippen LogP) is 1.81. The van der Waals surface area contributed by atoms with Crippen LogP contribution in [0, 0.1) is 6.92 Å². The summed E-state index contributed by atoms with van der Waals surface area (Å²) in [6, 6.07) is 1.71. The third-order valence-electron chi connectivity index (χ3n) is 1.17. The minimum absolute atomic E-state index is 0.240. The van der Waals surface area contributed by atoms with E-state index >= 15 is 0 Å². The molecule has 66 valence electrons. The van der Waals surface area contributed by atoms with Gasteiger partial charge in [0.1, 0.15) is 0 Å². The molecule has 0 saturated carbocycles. The first-order chi connectivity index (χ1) is 5.59. The molecule has 0 aliphatic heterocycles. The molecule has 1 aromatic heterocycles. The SMILES string of the molecule is Cc1cc(Br)oc1OCC(=O)O. The average molecular weight is 235 g/mol. The molecule has 5 heteroatoms. The van der Waals surface area contributed by atoms with Gasteiger partial charge in [-0.25, -0.2) is 4.79 Å². The second-order valence-electron chi connectivity index (χ2n) is 2.20. The van der Waals surface area contributed by atoms with Crippen molar-refractivity contribution in [2.75, 3.05) is 6.61 Å². The Morgan fingerprint density at radius 2 is 2.50 bits per heavy atom. The summed E-state index contributed by atoms with van der Waals surface area (Å²) in [5, 5.41) is 8.29. The Hall–Kier alpha value is -0.970. The van der Waals surface area contributed by atoms with Crippen molar-refractivity contribution in [3.8, 4) is 5.95 Å². The van der Waals surface area contributed by atoms with Gasteiger partial charge in [-0.1, -0.05) is 0 Å². The lowest BCUT2D eigenvalue weighted by Crippen LogP contribution is -2.09. The summed E-state index contributed by atoms with van der Waals surface area (Å²) in [5.41, 5.74) is 0.767. The third-order valence-corrected chi connectivity index (χ3v) is 1.56. The van der Waals surface area contributed by atoms with Crippen LogP contribution in [-0.2, 0) is 4.79 Å². The maximum atomic E-state index is 10.1. The Balaban J connectivity index is 2.62. The van der Waals surface area contributed by atoms with Gasteiger partial charge in [0.2, 0.25) is 0 Å². The van der Waals surface area contributed by atoms with Crippen LogP contribution in [-0.4, -0.2) is 17.7 Å². The van der Waals surface area contributed by atoms with Gasteiger partial charge in [-0.3, -0.25) is 0 Å². The molecule has 12 heavy (non-hydrogen) atoms. The lowest BCUT2D eigenvalue weighted by molar-refractivity contribution is -0.139. The van der Waals surface area contributed by atoms with E-state index in [0.717, 1.165) is 5.56 Å². The van der Waals surface area contributed by atoms with Gasteiger partial charge in [-0.15, -0.1) is 0 Å². The number of carbonyl (C=O) groups is 1. The van der Waals surface area contributed by atoms with E-state index in [9.17, 15) is 4.79 Å². The van der Waals surface area contributed by atoms with Crippen LogP contribution in [0.4, 0.5) is 0 Å². The molecular formula is C7H7BrO4. The zero-order valence-electron chi connectivity index (χ0n) is 6.33. The number of carboxylic acid groups (broad SMARTS) is 1. The van der Waals surface area contributed by atoms with Crippen molar-refractivity contribution < 1.29 is 19.1 Å². The van der Waals surface area contributed by atoms with Crippen LogP contribution in [0.1, 0.15) is 5.56 Å². The number of furan rings is 1. The fourth-order valence-electron chi connectivity index (χ4n) is 0.698. The highest BCUT2D eigenvalue weighted by molar-refractivity contribution is 9.10. The van der Waals surface area contributed by atoms with E-state index in [4.69, 9.17) is 14.3 Å². The summed E-state index contributed by atoms with van der Waals surface area (Å²) in [6.45, 7) is 1.38. The van der Waals surface area contributed by atoms with Crippen LogP contribution in [0.5, 0.6) is 5.95 Å². The maximum absolute atomic E-state index is 10.1. The number of carboxylic acids is 1. The van der Waals surface area contributed by atoms with Crippen molar-refractivity contribution in [3.63, 3.8) is 0 Å². The fourth-order valence-corrected chi connectivity index (χ4v) is 1.19. The Bertz CT molecular complexity index is 292. The summed E-state index contributed by atoms with van der Waals surface area (Å²) in [5.74, 6) is -0.786. The monoisotopic (exact) mass is 234 g/mol. The normalized spacial score (nSPS) is 9.83. The van der Waals surface area contributed by atoms with Gasteiger partial charge >= 0.3 is 5.97 Å². The number of ether oxygens (including phenoxy) is 1. The van der Waals surface area contributed by atoms with Crippen LogP contribution in [0.3, 0.4) is 0 Å². The van der Waals surface area contributed by atoms with Crippen LogP contribution >= 0.6 is 15.9 Å². The van der Waals surface area contributed by atoms with Crippen LogP contribution < -0.4 is 4.74 Å². The summed E-state index contributed by atoms with van der Waals surface area (Å²) in [6.07, 6.45) is 0. The van der Waals surface area contributed by atoms with Gasteiger partial charge in [-0.05, 0) is 28.9 Å². The van der Waals surface area contributed by atoms with E-state index in [1.54, 1.807) is 13.0 Å². The lowest BCUT2D eigenvalue weighted by Gasteiger charge is -1.98. The molecule has 0 atom stereocenters. The first-order valence-electron chi connectivity index (χ1n) is 3.20. The smallest absolute Gasteiger partial charge is 0.341 e. The van der Waals surface area contributed by atoms with E-state index in [-0.39, 0.29) is 12.6 Å². The fraction of sp³-hybridized carbons (Fsp3) is 0.286. The number of rotatable bonds is 3. The first-order valence-corrected chi connectivity index (χ1v) is 3.99. The number of aryl methyl sites for hydroxylation is 1. The van der Waals surface area contributed by atoms with Gasteiger partial charge in [0, 0.05) is 5.56 Å². The quantitative estimate of drug-likeness (QED) is 0.867. The van der Waals surface area contributed by atoms with Crippen molar-refractivity contribution in [3.05, 3.63) is 16.3 Å². The maximum Gasteiger partial charge on any atom is 0.341 e. The van der Waals surface area contributed by atoms with Crippen LogP contribution in [0.25, 0.3) is 0 Å². The second-order valence-corrected chi connectivity index (χ2v) is 2.98. The molecule has 0 unspecified atom stereocenters. The van der Waals surface area contributed by atoms with Gasteiger partial charge in [0.05, 0.1) is 0 Å². The van der Waals surface area contributed by atoms with E-state index in [1.807, 2.05) is 0 Å². The highest BCUT2D eigenvalue weighted by Crippen LogP contribution is 2.25. The molecule has 0 bridgehead atoms. The molecule has 0 aliphatic carbocycles. The molecule has 0 spiro atoms. The average Bonchev–Trinajstić information content (AvgIpc) is 2.26. The summed E-state index contributed by atoms with van der Waals surface area (Å²) < 4.78 is 10.3. The highest BCUT2D eigenvalue weighted by atomic mass is 79.9. The van der Waals surface area contributed by atoms with E-state index in [1.165, 1.54) is 0 Å². The van der Waals surface area contributed by atoms with Gasteiger partial charge in [0.15, 0.2) is 11.3 Å². The molecule has 1 aromatic rings. The molecule has 0 fully saturated rings. The Morgan fingerprint density at radius 3 is 2.92 bits per heavy atom. The van der Waals surface area contributed by atoms with Crippen molar-refractivity contribution in [2.24, 2.45) is 0 Å². The van der Waals surface area contributed by atoms with Crippen molar-refractivity contribution in [2.45, 2.75) is 6.92 Å². The van der Waals surface area contributed by atoms with Crippen LogP contribution in [0.15, 0.2) is 15.2 Å². The first kappa shape index (κ1) is 9.12. The van der Waals surface area contributed by atoms with Gasteiger partial charge < -0.3 is 14.3 Å². The number of hydrogen-bond acceptors (Lipinski definition) is 3. The minimum Gasteiger partial charge on any atom is -0.479 e. The van der Waals surface area contributed by atoms with Crippen LogP contribution in [0.2, 0.25) is 0 Å². The van der Waals surface area contributed by atoms with Crippen molar-refractivity contribution >= 4 is 21.9 Å². The second kappa shape index (κ2) is 3.62. The lowest BCUT2D eigenvalue weighted by atomic mass is 10.4. The zero-order valence-corrected chi connectivity index (χ0v) is 7.92. The number of hydrogen-bond donors (Lipinski definition) is 1. The minimum atomic E-state index is -1.03. The molecule has 0 aromatic carbocycles. The topological polar surface area (TPSA) is 59.7 Å². The molecule has 0 aliphatic rings. The molecule has 0 amide bonds. The Morgan fingerprint density at radius 1 is 1.83 bits per heavy atom. The van der Waals surface area contributed by atoms with Crippen molar-refractivity contribution in [1.82, 2.24) is 0 Å². The molecule has 1 N–H and O–H groups in total.